The average Bonchev–Trinajstić information content (AvgIpc) is 3.22. The molecule has 3 rings (SSSR count). The summed E-state index contributed by atoms with van der Waals surface area (Å²) in [7, 11) is 0. The Kier molecular flexibility index (Phi) is 4.88. The fourth-order valence-corrected chi connectivity index (χ4v) is 2.57. The summed E-state index contributed by atoms with van der Waals surface area (Å²) in [6.45, 7) is 6.23. The van der Waals surface area contributed by atoms with Crippen LogP contribution in [-0.4, -0.2) is 11.1 Å². The van der Waals surface area contributed by atoms with Crippen molar-refractivity contribution in [3.8, 4) is 5.75 Å². The first-order valence-electron chi connectivity index (χ1n) is 8.01. The van der Waals surface area contributed by atoms with Crippen molar-refractivity contribution in [3.63, 3.8) is 0 Å². The van der Waals surface area contributed by atoms with E-state index in [1.807, 2.05) is 32.0 Å². The average molecular weight is 340 g/mol. The Morgan fingerprint density at radius 1 is 1.16 bits per heavy atom. The maximum atomic E-state index is 12.4. The number of nitrogens with zero attached hydrogens (tertiary/aromatic N) is 1. The van der Waals surface area contributed by atoms with E-state index in [0.29, 0.717) is 17.1 Å². The molecule has 0 saturated heterocycles. The monoisotopic (exact) mass is 340 g/mol. The number of furan rings is 1. The molecule has 25 heavy (non-hydrogen) atoms. The van der Waals surface area contributed by atoms with Crippen LogP contribution < -0.4 is 10.1 Å². The molecule has 0 aliphatic rings. The molecule has 1 amide bonds. The van der Waals surface area contributed by atoms with Crippen LogP contribution in [0.3, 0.4) is 0 Å². The van der Waals surface area contributed by atoms with Gasteiger partial charge in [-0.15, -0.1) is 0 Å². The Balaban J connectivity index is 1.72. The quantitative estimate of drug-likeness (QED) is 0.740. The fraction of sp³-hybridized carbons (Fsp3) is 0.263. The summed E-state index contributed by atoms with van der Waals surface area (Å²) in [5, 5.41) is 6.64. The van der Waals surface area contributed by atoms with Crippen LogP contribution in [0.2, 0.25) is 0 Å². The summed E-state index contributed by atoms with van der Waals surface area (Å²) in [5.41, 5.74) is 2.95. The normalized spacial score (nSPS) is 10.7. The van der Waals surface area contributed by atoms with Crippen molar-refractivity contribution in [2.45, 2.75) is 33.9 Å². The first-order chi connectivity index (χ1) is 12.1. The van der Waals surface area contributed by atoms with Gasteiger partial charge in [0.25, 0.3) is 5.91 Å². The lowest BCUT2D eigenvalue weighted by Gasteiger charge is -2.12. The standard InChI is InChI=1S/C19H20N2O4/c1-12-6-4-7-13(2)18(12)24-11-16-14(3)25-21-17(16)19(22)20-10-15-8-5-9-23-15/h4-9H,10-11H2,1-3H3,(H,20,22). The molecule has 0 bridgehead atoms. The molecular formula is C19H20N2O4. The minimum absolute atomic E-state index is 0.213. The van der Waals surface area contributed by atoms with Gasteiger partial charge < -0.3 is 19.0 Å². The molecule has 0 unspecified atom stereocenters. The largest absolute Gasteiger partial charge is 0.488 e. The van der Waals surface area contributed by atoms with E-state index < -0.39 is 0 Å². The number of ether oxygens (including phenoxy) is 1. The van der Waals surface area contributed by atoms with Gasteiger partial charge in [-0.3, -0.25) is 4.79 Å². The van der Waals surface area contributed by atoms with E-state index in [1.54, 1.807) is 25.3 Å². The van der Waals surface area contributed by atoms with E-state index >= 15 is 0 Å². The van der Waals surface area contributed by atoms with Crippen molar-refractivity contribution in [3.05, 3.63) is 70.5 Å². The van der Waals surface area contributed by atoms with Gasteiger partial charge in [0.05, 0.1) is 18.4 Å². The van der Waals surface area contributed by atoms with Crippen LogP contribution in [0.5, 0.6) is 5.75 Å². The van der Waals surface area contributed by atoms with Gasteiger partial charge in [-0.25, -0.2) is 0 Å². The number of carbonyl (C=O) groups excluding carboxylic acids is 1. The smallest absolute Gasteiger partial charge is 0.274 e. The van der Waals surface area contributed by atoms with Gasteiger partial charge in [0, 0.05) is 0 Å². The predicted octanol–water partition coefficient (Wildman–Crippen LogP) is 3.70. The third kappa shape index (κ3) is 3.74. The third-order valence-corrected chi connectivity index (χ3v) is 3.97. The lowest BCUT2D eigenvalue weighted by Crippen LogP contribution is -2.24. The van der Waals surface area contributed by atoms with Crippen LogP contribution in [0.15, 0.2) is 45.5 Å². The molecular weight excluding hydrogens is 320 g/mol. The van der Waals surface area contributed by atoms with Crippen LogP contribution in [-0.2, 0) is 13.2 Å². The summed E-state index contributed by atoms with van der Waals surface area (Å²) < 4.78 is 16.3. The highest BCUT2D eigenvalue weighted by molar-refractivity contribution is 5.93. The summed E-state index contributed by atoms with van der Waals surface area (Å²) in [6, 6.07) is 9.51. The second-order valence-corrected chi connectivity index (χ2v) is 5.84. The van der Waals surface area contributed by atoms with Gasteiger partial charge >= 0.3 is 0 Å². The predicted molar refractivity (Wildman–Crippen MR) is 91.4 cm³/mol. The zero-order valence-electron chi connectivity index (χ0n) is 14.5. The Hall–Kier alpha value is -3.02. The van der Waals surface area contributed by atoms with Crippen molar-refractivity contribution in [2.24, 2.45) is 0 Å². The second kappa shape index (κ2) is 7.25. The van der Waals surface area contributed by atoms with Gasteiger partial charge in [-0.1, -0.05) is 23.4 Å². The lowest BCUT2D eigenvalue weighted by molar-refractivity contribution is 0.0936. The van der Waals surface area contributed by atoms with E-state index in [4.69, 9.17) is 13.7 Å². The van der Waals surface area contributed by atoms with Crippen molar-refractivity contribution >= 4 is 5.91 Å². The highest BCUT2D eigenvalue weighted by atomic mass is 16.5. The molecule has 2 heterocycles. The molecule has 130 valence electrons. The molecule has 0 radical (unpaired) electrons. The fourth-order valence-electron chi connectivity index (χ4n) is 2.57. The number of aromatic nitrogens is 1. The molecule has 1 aromatic carbocycles. The van der Waals surface area contributed by atoms with Crippen LogP contribution in [0.1, 0.15) is 38.7 Å². The molecule has 3 aromatic rings. The van der Waals surface area contributed by atoms with E-state index in [1.165, 1.54) is 0 Å². The summed E-state index contributed by atoms with van der Waals surface area (Å²) in [6.07, 6.45) is 1.56. The highest BCUT2D eigenvalue weighted by Crippen LogP contribution is 2.25. The van der Waals surface area contributed by atoms with Crippen LogP contribution >= 0.6 is 0 Å². The number of nitrogens with one attached hydrogen (secondary N) is 1. The molecule has 6 heteroatoms. The maximum Gasteiger partial charge on any atom is 0.274 e. The van der Waals surface area contributed by atoms with Crippen LogP contribution in [0.4, 0.5) is 0 Å². The number of benzene rings is 1. The Morgan fingerprint density at radius 2 is 1.92 bits per heavy atom. The lowest BCUT2D eigenvalue weighted by atomic mass is 10.1. The molecule has 1 N–H and O–H groups in total. The van der Waals surface area contributed by atoms with Crippen molar-refractivity contribution in [2.75, 3.05) is 0 Å². The van der Waals surface area contributed by atoms with Crippen molar-refractivity contribution < 1.29 is 18.5 Å². The number of aryl methyl sites for hydroxylation is 3. The topological polar surface area (TPSA) is 77.5 Å². The van der Waals surface area contributed by atoms with Gasteiger partial charge in [0.2, 0.25) is 0 Å². The van der Waals surface area contributed by atoms with Crippen molar-refractivity contribution in [1.82, 2.24) is 10.5 Å². The number of carbonyl (C=O) groups is 1. The maximum absolute atomic E-state index is 12.4. The molecule has 6 nitrogen and oxygen atoms in total. The second-order valence-electron chi connectivity index (χ2n) is 5.84. The van der Waals surface area contributed by atoms with Gasteiger partial charge in [-0.2, -0.15) is 0 Å². The zero-order valence-corrected chi connectivity index (χ0v) is 14.5. The molecule has 0 saturated carbocycles. The third-order valence-electron chi connectivity index (χ3n) is 3.97. The van der Waals surface area contributed by atoms with E-state index in [2.05, 4.69) is 10.5 Å². The van der Waals surface area contributed by atoms with Crippen LogP contribution in [0, 0.1) is 20.8 Å². The number of para-hydroxylation sites is 1. The number of hydrogen-bond donors (Lipinski definition) is 1. The zero-order chi connectivity index (χ0) is 17.8. The first kappa shape index (κ1) is 16.8. The Bertz CT molecular complexity index is 845. The number of amides is 1. The van der Waals surface area contributed by atoms with E-state index in [0.717, 1.165) is 16.9 Å². The van der Waals surface area contributed by atoms with Gasteiger partial charge in [0.15, 0.2) is 5.69 Å². The molecule has 0 spiro atoms. The number of hydrogen-bond acceptors (Lipinski definition) is 5. The molecule has 0 aliphatic carbocycles. The SMILES string of the molecule is Cc1cccc(C)c1OCc1c(C(=O)NCc2ccco2)noc1C. The van der Waals surface area contributed by atoms with E-state index in [9.17, 15) is 4.79 Å². The minimum atomic E-state index is -0.326. The van der Waals surface area contributed by atoms with Crippen molar-refractivity contribution in [1.29, 1.82) is 0 Å². The minimum Gasteiger partial charge on any atom is -0.488 e. The molecule has 0 fully saturated rings. The number of rotatable bonds is 6. The highest BCUT2D eigenvalue weighted by Gasteiger charge is 2.21. The van der Waals surface area contributed by atoms with Crippen LogP contribution in [0.25, 0.3) is 0 Å². The summed E-state index contributed by atoms with van der Waals surface area (Å²) in [5.74, 6) is 1.72. The van der Waals surface area contributed by atoms with Gasteiger partial charge in [-0.05, 0) is 44.0 Å². The Morgan fingerprint density at radius 3 is 2.60 bits per heavy atom. The summed E-state index contributed by atoms with van der Waals surface area (Å²) >= 11 is 0. The van der Waals surface area contributed by atoms with Gasteiger partial charge in [0.1, 0.15) is 23.9 Å². The van der Waals surface area contributed by atoms with E-state index in [-0.39, 0.29) is 24.8 Å². The first-order valence-corrected chi connectivity index (χ1v) is 8.01. The molecule has 0 aliphatic heterocycles. The molecule has 2 aromatic heterocycles. The Labute approximate surface area is 145 Å². The summed E-state index contributed by atoms with van der Waals surface area (Å²) in [4.78, 5) is 12.4. The molecule has 0 atom stereocenters.